The van der Waals surface area contributed by atoms with Crippen LogP contribution in [0.3, 0.4) is 0 Å². The Morgan fingerprint density at radius 1 is 1.12 bits per heavy atom. The molecule has 0 bridgehead atoms. The number of hydrogen-bond donors (Lipinski definition) is 0. The molecule has 2 saturated carbocycles. The van der Waals surface area contributed by atoms with Crippen molar-refractivity contribution >= 4 is 23.5 Å². The number of allylic oxidation sites excluding steroid dienone is 2. The highest BCUT2D eigenvalue weighted by Gasteiger charge is 2.68. The number of ether oxygens (including phenoxy) is 2. The van der Waals surface area contributed by atoms with Crippen molar-refractivity contribution in [3.05, 3.63) is 11.1 Å². The minimum Gasteiger partial charge on any atom is -0.468 e. The quantitative estimate of drug-likeness (QED) is 0.573. The molecule has 0 radical (unpaired) electrons. The Balaban J connectivity index is 2.19. The Morgan fingerprint density at radius 2 is 1.72 bits per heavy atom. The van der Waals surface area contributed by atoms with E-state index >= 15 is 0 Å². The molecule has 25 heavy (non-hydrogen) atoms. The van der Waals surface area contributed by atoms with Gasteiger partial charge in [0.2, 0.25) is 0 Å². The molecule has 6 heteroatoms. The third kappa shape index (κ3) is 2.22. The molecule has 3 aliphatic rings. The Labute approximate surface area is 146 Å². The van der Waals surface area contributed by atoms with E-state index in [0.29, 0.717) is 18.4 Å². The van der Waals surface area contributed by atoms with E-state index < -0.39 is 28.7 Å². The molecule has 2 fully saturated rings. The number of carbonyl (C=O) groups excluding carboxylic acids is 4. The van der Waals surface area contributed by atoms with Crippen LogP contribution in [0, 0.1) is 22.7 Å². The van der Waals surface area contributed by atoms with Gasteiger partial charge in [0.15, 0.2) is 11.2 Å². The van der Waals surface area contributed by atoms with Crippen LogP contribution in [0.1, 0.15) is 46.0 Å². The Kier molecular flexibility index (Phi) is 4.12. The zero-order chi connectivity index (χ0) is 18.6. The zero-order valence-electron chi connectivity index (χ0n) is 15.1. The van der Waals surface area contributed by atoms with E-state index in [1.54, 1.807) is 0 Å². The average Bonchev–Trinajstić information content (AvgIpc) is 3.02. The molecular weight excluding hydrogens is 324 g/mol. The number of rotatable bonds is 3. The van der Waals surface area contributed by atoms with Gasteiger partial charge in [-0.3, -0.25) is 19.2 Å². The first-order chi connectivity index (χ1) is 11.7. The van der Waals surface area contributed by atoms with Crippen LogP contribution in [0.2, 0.25) is 0 Å². The molecule has 0 N–H and O–H groups in total. The summed E-state index contributed by atoms with van der Waals surface area (Å²) in [7, 11) is 2.51. The second kappa shape index (κ2) is 5.78. The van der Waals surface area contributed by atoms with Crippen molar-refractivity contribution in [3.63, 3.8) is 0 Å². The van der Waals surface area contributed by atoms with Gasteiger partial charge in [0.25, 0.3) is 0 Å². The van der Waals surface area contributed by atoms with E-state index in [9.17, 15) is 19.2 Å². The first-order valence-electron chi connectivity index (χ1n) is 8.70. The van der Waals surface area contributed by atoms with Gasteiger partial charge in [-0.25, -0.2) is 0 Å². The molecular formula is C19H24O6. The highest BCUT2D eigenvalue weighted by Crippen LogP contribution is 2.67. The minimum absolute atomic E-state index is 0.0152. The summed E-state index contributed by atoms with van der Waals surface area (Å²) in [5.74, 6) is -1.64. The molecule has 0 aromatic carbocycles. The van der Waals surface area contributed by atoms with Crippen LogP contribution in [0.5, 0.6) is 0 Å². The van der Waals surface area contributed by atoms with Crippen molar-refractivity contribution in [2.75, 3.05) is 14.2 Å². The predicted octanol–water partition coefficient (Wildman–Crippen LogP) is 2.00. The maximum Gasteiger partial charge on any atom is 0.323 e. The Hall–Kier alpha value is -1.98. The summed E-state index contributed by atoms with van der Waals surface area (Å²) in [5, 5.41) is 0. The minimum atomic E-state index is -1.42. The number of ketones is 2. The van der Waals surface area contributed by atoms with Gasteiger partial charge in [0.1, 0.15) is 5.78 Å². The largest absolute Gasteiger partial charge is 0.468 e. The van der Waals surface area contributed by atoms with E-state index in [1.807, 2.05) is 13.8 Å². The number of esters is 2. The summed E-state index contributed by atoms with van der Waals surface area (Å²) < 4.78 is 9.86. The van der Waals surface area contributed by atoms with Gasteiger partial charge in [0.05, 0.1) is 14.2 Å². The summed E-state index contributed by atoms with van der Waals surface area (Å²) >= 11 is 0. The number of methoxy groups -OCH3 is 2. The van der Waals surface area contributed by atoms with Gasteiger partial charge in [0, 0.05) is 24.2 Å². The van der Waals surface area contributed by atoms with Crippen molar-refractivity contribution in [1.29, 1.82) is 0 Å². The zero-order valence-corrected chi connectivity index (χ0v) is 15.1. The molecule has 0 heterocycles. The number of Topliss-reactive ketones (excluding diaryl/α,β-unsaturated/α-hetero) is 2. The Morgan fingerprint density at radius 3 is 2.24 bits per heavy atom. The van der Waals surface area contributed by atoms with E-state index in [-0.39, 0.29) is 36.7 Å². The van der Waals surface area contributed by atoms with Crippen LogP contribution in [0.15, 0.2) is 11.1 Å². The highest BCUT2D eigenvalue weighted by atomic mass is 16.5. The molecule has 0 amide bonds. The molecule has 2 atom stereocenters. The van der Waals surface area contributed by atoms with Gasteiger partial charge in [-0.2, -0.15) is 0 Å². The molecule has 0 aliphatic heterocycles. The molecule has 1 spiro atoms. The monoisotopic (exact) mass is 348 g/mol. The average molecular weight is 348 g/mol. The molecule has 3 rings (SSSR count). The predicted molar refractivity (Wildman–Crippen MR) is 87.4 cm³/mol. The van der Waals surface area contributed by atoms with Crippen LogP contribution < -0.4 is 0 Å². The summed E-state index contributed by atoms with van der Waals surface area (Å²) in [6.07, 6.45) is 1.41. The fourth-order valence-electron chi connectivity index (χ4n) is 5.26. The second-order valence-electron chi connectivity index (χ2n) is 7.78. The van der Waals surface area contributed by atoms with Crippen molar-refractivity contribution in [3.8, 4) is 0 Å². The molecule has 0 unspecified atom stereocenters. The summed E-state index contributed by atoms with van der Waals surface area (Å²) in [6.45, 7) is 3.87. The van der Waals surface area contributed by atoms with Crippen molar-refractivity contribution < 1.29 is 28.7 Å². The van der Waals surface area contributed by atoms with Gasteiger partial charge < -0.3 is 9.47 Å². The van der Waals surface area contributed by atoms with Crippen LogP contribution in [0.25, 0.3) is 0 Å². The smallest absolute Gasteiger partial charge is 0.323 e. The van der Waals surface area contributed by atoms with Crippen LogP contribution in [-0.4, -0.2) is 37.7 Å². The summed E-state index contributed by atoms with van der Waals surface area (Å²) in [5.41, 5.74) is -0.444. The maximum atomic E-state index is 13.0. The molecule has 6 nitrogen and oxygen atoms in total. The molecule has 0 aromatic heterocycles. The topological polar surface area (TPSA) is 86.7 Å². The standard InChI is InChI=1S/C19H24O6/c1-10(2)14-13-8-19(16(22)24-3,17(23)25-4)9-18(13)6-5-11(20)7-12(18)15(14)21/h10,12H,5-9H2,1-4H3/t12-,18+/m1/s1. The number of carbonyl (C=O) groups is 4. The van der Waals surface area contributed by atoms with Crippen molar-refractivity contribution in [2.45, 2.75) is 46.0 Å². The normalized spacial score (nSPS) is 30.4. The van der Waals surface area contributed by atoms with Crippen molar-refractivity contribution in [1.82, 2.24) is 0 Å². The molecule has 0 saturated heterocycles. The first-order valence-corrected chi connectivity index (χ1v) is 8.70. The number of hydrogen-bond acceptors (Lipinski definition) is 6. The molecule has 3 aliphatic carbocycles. The fourth-order valence-corrected chi connectivity index (χ4v) is 5.26. The van der Waals surface area contributed by atoms with Gasteiger partial charge >= 0.3 is 11.9 Å². The SMILES string of the molecule is COC(=O)C1(C(=O)OC)CC2=C(C(C)C)C(=O)[C@H]3CC(=O)CC[C@@]23C1. The Bertz CT molecular complexity index is 685. The lowest BCUT2D eigenvalue weighted by Gasteiger charge is -2.38. The van der Waals surface area contributed by atoms with Crippen LogP contribution in [0.4, 0.5) is 0 Å². The summed E-state index contributed by atoms with van der Waals surface area (Å²) in [6, 6.07) is 0. The van der Waals surface area contributed by atoms with Gasteiger partial charge in [-0.05, 0) is 30.8 Å². The van der Waals surface area contributed by atoms with Crippen molar-refractivity contribution in [2.24, 2.45) is 22.7 Å². The van der Waals surface area contributed by atoms with Crippen LogP contribution >= 0.6 is 0 Å². The van der Waals surface area contributed by atoms with E-state index in [2.05, 4.69) is 0 Å². The maximum absolute atomic E-state index is 13.0. The lowest BCUT2D eigenvalue weighted by Crippen LogP contribution is -2.43. The molecule has 0 aromatic rings. The first kappa shape index (κ1) is 17.8. The van der Waals surface area contributed by atoms with Crippen LogP contribution in [-0.2, 0) is 28.7 Å². The van der Waals surface area contributed by atoms with Gasteiger partial charge in [-0.15, -0.1) is 0 Å². The fraction of sp³-hybridized carbons (Fsp3) is 0.684. The van der Waals surface area contributed by atoms with Gasteiger partial charge in [-0.1, -0.05) is 19.4 Å². The van der Waals surface area contributed by atoms with E-state index in [4.69, 9.17) is 9.47 Å². The lowest BCUT2D eigenvalue weighted by atomic mass is 9.63. The lowest BCUT2D eigenvalue weighted by molar-refractivity contribution is -0.170. The second-order valence-corrected chi connectivity index (χ2v) is 7.78. The third-order valence-corrected chi connectivity index (χ3v) is 6.28. The van der Waals surface area contributed by atoms with E-state index in [1.165, 1.54) is 14.2 Å². The summed E-state index contributed by atoms with van der Waals surface area (Å²) in [4.78, 5) is 50.1. The molecule has 136 valence electrons. The highest BCUT2D eigenvalue weighted by molar-refractivity contribution is 6.08. The third-order valence-electron chi connectivity index (χ3n) is 6.28. The van der Waals surface area contributed by atoms with E-state index in [0.717, 1.165) is 5.57 Å².